The van der Waals surface area contributed by atoms with Crippen molar-refractivity contribution in [1.29, 1.82) is 0 Å². The standard InChI is InChI=1S/C21H21N5O3S/c1-2-17-13-18-20(22-14-23-21(18)30-17)25-11-9-24(10-12-25)19(27)8-5-15-3-6-16(7-4-15)26(28)29/h3-8,13-14H,2,9-12H2,1H3/b8-5+. The molecular formula is C21H21N5O3S. The lowest BCUT2D eigenvalue weighted by molar-refractivity contribution is -0.384. The highest BCUT2D eigenvalue weighted by Crippen LogP contribution is 2.31. The molecule has 9 heteroatoms. The molecule has 0 spiro atoms. The molecule has 1 aliphatic heterocycles. The van der Waals surface area contributed by atoms with Gasteiger partial charge in [0.1, 0.15) is 17.0 Å². The minimum Gasteiger partial charge on any atom is -0.352 e. The number of amides is 1. The number of piperazine rings is 1. The third-order valence-corrected chi connectivity index (χ3v) is 6.31. The van der Waals surface area contributed by atoms with Crippen molar-refractivity contribution in [3.05, 3.63) is 63.3 Å². The van der Waals surface area contributed by atoms with Crippen molar-refractivity contribution >= 4 is 45.0 Å². The van der Waals surface area contributed by atoms with Gasteiger partial charge in [0.05, 0.1) is 10.3 Å². The first-order chi connectivity index (χ1) is 14.5. The van der Waals surface area contributed by atoms with E-state index < -0.39 is 4.92 Å². The number of thiophene rings is 1. The zero-order chi connectivity index (χ0) is 21.1. The van der Waals surface area contributed by atoms with Gasteiger partial charge in [-0.1, -0.05) is 6.92 Å². The molecule has 30 heavy (non-hydrogen) atoms. The van der Waals surface area contributed by atoms with E-state index in [1.54, 1.807) is 35.9 Å². The van der Waals surface area contributed by atoms with Gasteiger partial charge in [0.25, 0.3) is 5.69 Å². The Morgan fingerprint density at radius 3 is 2.60 bits per heavy atom. The van der Waals surface area contributed by atoms with Crippen molar-refractivity contribution in [1.82, 2.24) is 14.9 Å². The summed E-state index contributed by atoms with van der Waals surface area (Å²) in [6, 6.07) is 8.29. The molecule has 0 bridgehead atoms. The SMILES string of the molecule is CCc1cc2c(N3CCN(C(=O)/C=C/c4ccc([N+](=O)[O-])cc4)CC3)ncnc2s1. The number of nitro groups is 1. The molecule has 154 valence electrons. The molecule has 3 heterocycles. The first-order valence-electron chi connectivity index (χ1n) is 9.75. The molecule has 1 aromatic carbocycles. The monoisotopic (exact) mass is 423 g/mol. The van der Waals surface area contributed by atoms with Crippen LogP contribution in [0.4, 0.5) is 11.5 Å². The van der Waals surface area contributed by atoms with Crippen molar-refractivity contribution < 1.29 is 9.72 Å². The second-order valence-corrected chi connectivity index (χ2v) is 8.09. The molecule has 1 fully saturated rings. The molecule has 0 aliphatic carbocycles. The van der Waals surface area contributed by atoms with E-state index in [1.165, 1.54) is 23.1 Å². The third-order valence-electron chi connectivity index (χ3n) is 5.12. The number of nitrogens with zero attached hydrogens (tertiary/aromatic N) is 5. The Labute approximate surface area is 177 Å². The fraction of sp³-hybridized carbons (Fsp3) is 0.286. The van der Waals surface area contributed by atoms with E-state index >= 15 is 0 Å². The lowest BCUT2D eigenvalue weighted by Crippen LogP contribution is -2.48. The van der Waals surface area contributed by atoms with Crippen molar-refractivity contribution in [2.75, 3.05) is 31.1 Å². The van der Waals surface area contributed by atoms with Crippen LogP contribution < -0.4 is 4.90 Å². The molecule has 4 rings (SSSR count). The summed E-state index contributed by atoms with van der Waals surface area (Å²) < 4.78 is 0. The maximum Gasteiger partial charge on any atom is 0.269 e. The Balaban J connectivity index is 1.39. The number of aromatic nitrogens is 2. The summed E-state index contributed by atoms with van der Waals surface area (Å²) in [5, 5.41) is 11.8. The van der Waals surface area contributed by atoms with Gasteiger partial charge < -0.3 is 9.80 Å². The second-order valence-electron chi connectivity index (χ2n) is 6.98. The van der Waals surface area contributed by atoms with Crippen LogP contribution in [0.2, 0.25) is 0 Å². The van der Waals surface area contributed by atoms with E-state index in [2.05, 4.69) is 27.9 Å². The quantitative estimate of drug-likeness (QED) is 0.354. The molecule has 0 radical (unpaired) electrons. The van der Waals surface area contributed by atoms with Gasteiger partial charge in [0, 0.05) is 49.3 Å². The van der Waals surface area contributed by atoms with Crippen LogP contribution in [0.15, 0.2) is 42.7 Å². The van der Waals surface area contributed by atoms with Gasteiger partial charge in [-0.2, -0.15) is 0 Å². The number of hydrogen-bond acceptors (Lipinski definition) is 7. The maximum absolute atomic E-state index is 12.5. The predicted octanol–water partition coefficient (Wildman–Crippen LogP) is 3.52. The first-order valence-corrected chi connectivity index (χ1v) is 10.6. The van der Waals surface area contributed by atoms with E-state index in [0.717, 1.165) is 28.0 Å². The van der Waals surface area contributed by atoms with Crippen LogP contribution in [0.5, 0.6) is 0 Å². The molecular weight excluding hydrogens is 402 g/mol. The number of rotatable bonds is 5. The number of hydrogen-bond donors (Lipinski definition) is 0. The first kappa shape index (κ1) is 20.0. The number of aryl methyl sites for hydroxylation is 1. The molecule has 2 aromatic heterocycles. The molecule has 0 unspecified atom stereocenters. The lowest BCUT2D eigenvalue weighted by Gasteiger charge is -2.35. The van der Waals surface area contributed by atoms with Gasteiger partial charge in [-0.3, -0.25) is 14.9 Å². The smallest absolute Gasteiger partial charge is 0.269 e. The van der Waals surface area contributed by atoms with Crippen molar-refractivity contribution in [3.8, 4) is 0 Å². The summed E-state index contributed by atoms with van der Waals surface area (Å²) in [5.74, 6) is 0.870. The summed E-state index contributed by atoms with van der Waals surface area (Å²) >= 11 is 1.70. The number of benzene rings is 1. The van der Waals surface area contributed by atoms with E-state index in [4.69, 9.17) is 0 Å². The zero-order valence-corrected chi connectivity index (χ0v) is 17.3. The van der Waals surface area contributed by atoms with E-state index in [0.29, 0.717) is 26.2 Å². The zero-order valence-electron chi connectivity index (χ0n) is 16.5. The van der Waals surface area contributed by atoms with Crippen molar-refractivity contribution in [2.24, 2.45) is 0 Å². The Morgan fingerprint density at radius 2 is 1.93 bits per heavy atom. The highest BCUT2D eigenvalue weighted by atomic mass is 32.1. The summed E-state index contributed by atoms with van der Waals surface area (Å²) in [5.41, 5.74) is 0.783. The number of non-ortho nitro benzene ring substituents is 1. The highest BCUT2D eigenvalue weighted by molar-refractivity contribution is 7.18. The second kappa shape index (κ2) is 8.58. The Kier molecular flexibility index (Phi) is 5.71. The van der Waals surface area contributed by atoms with Crippen molar-refractivity contribution in [3.63, 3.8) is 0 Å². The van der Waals surface area contributed by atoms with Crippen molar-refractivity contribution in [2.45, 2.75) is 13.3 Å². The van der Waals surface area contributed by atoms with Gasteiger partial charge in [0.15, 0.2) is 0 Å². The Bertz CT molecular complexity index is 1100. The minimum absolute atomic E-state index is 0.0325. The van der Waals surface area contributed by atoms with Crippen LogP contribution in [0.25, 0.3) is 16.3 Å². The number of carbonyl (C=O) groups is 1. The molecule has 1 saturated heterocycles. The number of nitro benzene ring substituents is 1. The van der Waals surface area contributed by atoms with Crippen LogP contribution in [0, 0.1) is 10.1 Å². The average molecular weight is 423 g/mol. The molecule has 0 saturated carbocycles. The molecule has 1 aliphatic rings. The van der Waals surface area contributed by atoms with Crippen LogP contribution in [-0.2, 0) is 11.2 Å². The van der Waals surface area contributed by atoms with Gasteiger partial charge >= 0.3 is 0 Å². The molecule has 0 atom stereocenters. The van der Waals surface area contributed by atoms with E-state index in [-0.39, 0.29) is 11.6 Å². The Hall–Kier alpha value is -3.33. The van der Waals surface area contributed by atoms with Gasteiger partial charge in [-0.25, -0.2) is 9.97 Å². The van der Waals surface area contributed by atoms with Gasteiger partial charge in [0.2, 0.25) is 5.91 Å². The summed E-state index contributed by atoms with van der Waals surface area (Å²) in [6.07, 6.45) is 5.79. The normalized spacial score (nSPS) is 14.6. The topological polar surface area (TPSA) is 92.5 Å². The predicted molar refractivity (Wildman–Crippen MR) is 118 cm³/mol. The largest absolute Gasteiger partial charge is 0.352 e. The molecule has 3 aromatic rings. The fourth-order valence-electron chi connectivity index (χ4n) is 3.44. The third kappa shape index (κ3) is 4.16. The molecule has 1 amide bonds. The lowest BCUT2D eigenvalue weighted by atomic mass is 10.2. The number of anilines is 1. The van der Waals surface area contributed by atoms with E-state index in [9.17, 15) is 14.9 Å². The highest BCUT2D eigenvalue weighted by Gasteiger charge is 2.22. The maximum atomic E-state index is 12.5. The molecule has 8 nitrogen and oxygen atoms in total. The van der Waals surface area contributed by atoms with E-state index in [1.807, 2.05) is 4.90 Å². The van der Waals surface area contributed by atoms with Crippen LogP contribution in [0.3, 0.4) is 0 Å². The van der Waals surface area contributed by atoms with Crippen LogP contribution in [-0.4, -0.2) is 51.9 Å². The number of fused-ring (bicyclic) bond motifs is 1. The summed E-state index contributed by atoms with van der Waals surface area (Å²) in [7, 11) is 0. The number of carbonyl (C=O) groups excluding carboxylic acids is 1. The summed E-state index contributed by atoms with van der Waals surface area (Å²) in [6.45, 7) is 4.77. The van der Waals surface area contributed by atoms with Gasteiger partial charge in [-0.05, 0) is 36.3 Å². The average Bonchev–Trinajstić information content (AvgIpc) is 3.21. The summed E-state index contributed by atoms with van der Waals surface area (Å²) in [4.78, 5) is 38.0. The van der Waals surface area contributed by atoms with Crippen LogP contribution >= 0.6 is 11.3 Å². The van der Waals surface area contributed by atoms with Crippen LogP contribution in [0.1, 0.15) is 17.4 Å². The Morgan fingerprint density at radius 1 is 1.20 bits per heavy atom. The molecule has 0 N–H and O–H groups in total. The van der Waals surface area contributed by atoms with Gasteiger partial charge in [-0.15, -0.1) is 11.3 Å². The minimum atomic E-state index is -0.442. The fourth-order valence-corrected chi connectivity index (χ4v) is 4.37.